The molecule has 0 radical (unpaired) electrons. The molecular weight excluding hydrogens is 212 g/mol. The molecule has 0 spiro atoms. The highest BCUT2D eigenvalue weighted by atomic mass is 16.5. The van der Waals surface area contributed by atoms with Crippen LogP contribution in [0.4, 0.5) is 0 Å². The Bertz CT molecular complexity index is 472. The van der Waals surface area contributed by atoms with Crippen molar-refractivity contribution in [2.75, 3.05) is 0 Å². The highest BCUT2D eigenvalue weighted by Crippen LogP contribution is 2.21. The molecule has 3 heteroatoms. The highest BCUT2D eigenvalue weighted by molar-refractivity contribution is 5.55. The molecule has 88 valence electrons. The van der Waals surface area contributed by atoms with Gasteiger partial charge in [-0.05, 0) is 51.1 Å². The monoisotopic (exact) mass is 228 g/mol. The van der Waals surface area contributed by atoms with Gasteiger partial charge in [0.15, 0.2) is 5.82 Å². The lowest BCUT2D eigenvalue weighted by Crippen LogP contribution is -2.22. The van der Waals surface area contributed by atoms with E-state index < -0.39 is 0 Å². The van der Waals surface area contributed by atoms with Crippen LogP contribution >= 0.6 is 0 Å². The Morgan fingerprint density at radius 2 is 1.53 bits per heavy atom. The zero-order chi connectivity index (χ0) is 12.3. The zero-order valence-electron chi connectivity index (χ0n) is 10.3. The van der Waals surface area contributed by atoms with Gasteiger partial charge in [0.2, 0.25) is 0 Å². The summed E-state index contributed by atoms with van der Waals surface area (Å²) in [6, 6.07) is 9.63. The van der Waals surface area contributed by atoms with Crippen molar-refractivity contribution < 1.29 is 4.74 Å². The molecule has 0 aliphatic rings. The minimum absolute atomic E-state index is 0.176. The fourth-order valence-electron chi connectivity index (χ4n) is 1.47. The van der Waals surface area contributed by atoms with E-state index in [1.165, 1.54) is 0 Å². The molecule has 0 amide bonds. The van der Waals surface area contributed by atoms with Gasteiger partial charge in [-0.3, -0.25) is 0 Å². The van der Waals surface area contributed by atoms with E-state index in [-0.39, 0.29) is 5.60 Å². The van der Waals surface area contributed by atoms with E-state index in [4.69, 9.17) is 4.74 Å². The number of hydrogen-bond donors (Lipinski definition) is 0. The molecule has 17 heavy (non-hydrogen) atoms. The topological polar surface area (TPSA) is 35.0 Å². The fourth-order valence-corrected chi connectivity index (χ4v) is 1.47. The Balaban J connectivity index is 2.19. The molecule has 0 bridgehead atoms. The molecule has 1 heterocycles. The summed E-state index contributed by atoms with van der Waals surface area (Å²) in [5, 5.41) is 0. The Morgan fingerprint density at radius 3 is 2.06 bits per heavy atom. The molecule has 0 aliphatic heterocycles. The van der Waals surface area contributed by atoms with Crippen LogP contribution in [-0.4, -0.2) is 15.6 Å². The third kappa shape index (κ3) is 3.28. The van der Waals surface area contributed by atoms with Crippen molar-refractivity contribution in [1.29, 1.82) is 0 Å². The van der Waals surface area contributed by atoms with Crippen molar-refractivity contribution in [2.24, 2.45) is 0 Å². The average molecular weight is 228 g/mol. The van der Waals surface area contributed by atoms with Crippen LogP contribution in [0.2, 0.25) is 0 Å². The number of rotatable bonds is 2. The maximum Gasteiger partial charge on any atom is 0.159 e. The molecule has 3 nitrogen and oxygen atoms in total. The Kier molecular flexibility index (Phi) is 3.09. The predicted molar refractivity (Wildman–Crippen MR) is 67.8 cm³/mol. The molecule has 1 aromatic heterocycles. The quantitative estimate of drug-likeness (QED) is 0.790. The Hall–Kier alpha value is -1.90. The Morgan fingerprint density at radius 1 is 0.941 bits per heavy atom. The third-order valence-electron chi connectivity index (χ3n) is 2.10. The molecule has 0 fully saturated rings. The second-order valence-electron chi connectivity index (χ2n) is 4.81. The van der Waals surface area contributed by atoms with Gasteiger partial charge in [-0.2, -0.15) is 0 Å². The SMILES string of the molecule is CC(C)(C)Oc1ccc(-c2ncccn2)cc1. The van der Waals surface area contributed by atoms with Gasteiger partial charge in [-0.15, -0.1) is 0 Å². The van der Waals surface area contributed by atoms with Crippen LogP contribution in [0, 0.1) is 0 Å². The van der Waals surface area contributed by atoms with Crippen LogP contribution in [0.3, 0.4) is 0 Å². The van der Waals surface area contributed by atoms with E-state index >= 15 is 0 Å². The summed E-state index contributed by atoms with van der Waals surface area (Å²) in [7, 11) is 0. The number of nitrogens with zero attached hydrogens (tertiary/aromatic N) is 2. The summed E-state index contributed by atoms with van der Waals surface area (Å²) in [5.41, 5.74) is 0.817. The Labute approximate surface area is 102 Å². The largest absolute Gasteiger partial charge is 0.488 e. The van der Waals surface area contributed by atoms with Crippen molar-refractivity contribution >= 4 is 0 Å². The summed E-state index contributed by atoms with van der Waals surface area (Å²) < 4.78 is 5.75. The van der Waals surface area contributed by atoms with Gasteiger partial charge in [0.25, 0.3) is 0 Å². The summed E-state index contributed by atoms with van der Waals surface area (Å²) >= 11 is 0. The van der Waals surface area contributed by atoms with Gasteiger partial charge >= 0.3 is 0 Å². The number of aromatic nitrogens is 2. The predicted octanol–water partition coefficient (Wildman–Crippen LogP) is 3.32. The maximum absolute atomic E-state index is 5.75. The molecule has 0 unspecified atom stereocenters. The lowest BCUT2D eigenvalue weighted by Gasteiger charge is -2.21. The summed E-state index contributed by atoms with van der Waals surface area (Å²) in [4.78, 5) is 8.40. The fraction of sp³-hybridized carbons (Fsp3) is 0.286. The van der Waals surface area contributed by atoms with E-state index in [1.54, 1.807) is 18.5 Å². The van der Waals surface area contributed by atoms with Crippen molar-refractivity contribution in [3.8, 4) is 17.1 Å². The van der Waals surface area contributed by atoms with Gasteiger partial charge in [0.1, 0.15) is 11.4 Å². The third-order valence-corrected chi connectivity index (χ3v) is 2.10. The van der Waals surface area contributed by atoms with Gasteiger partial charge in [-0.1, -0.05) is 0 Å². The standard InChI is InChI=1S/C14H16N2O/c1-14(2,3)17-12-7-5-11(6-8-12)13-15-9-4-10-16-13/h4-10H,1-3H3. The first kappa shape index (κ1) is 11.6. The zero-order valence-corrected chi connectivity index (χ0v) is 10.3. The van der Waals surface area contributed by atoms with Crippen molar-refractivity contribution in [2.45, 2.75) is 26.4 Å². The van der Waals surface area contributed by atoms with E-state index in [0.29, 0.717) is 0 Å². The van der Waals surface area contributed by atoms with Crippen LogP contribution in [0.1, 0.15) is 20.8 Å². The van der Waals surface area contributed by atoms with Crippen LogP contribution in [0.25, 0.3) is 11.4 Å². The average Bonchev–Trinajstić information content (AvgIpc) is 2.29. The first-order valence-electron chi connectivity index (χ1n) is 5.61. The van der Waals surface area contributed by atoms with E-state index in [0.717, 1.165) is 17.1 Å². The minimum atomic E-state index is -0.176. The molecule has 0 aliphatic carbocycles. The highest BCUT2D eigenvalue weighted by Gasteiger charge is 2.11. The molecule has 2 aromatic rings. The smallest absolute Gasteiger partial charge is 0.159 e. The molecule has 0 atom stereocenters. The molecule has 1 aromatic carbocycles. The van der Waals surface area contributed by atoms with Gasteiger partial charge in [0, 0.05) is 18.0 Å². The minimum Gasteiger partial charge on any atom is -0.488 e. The summed E-state index contributed by atoms with van der Waals surface area (Å²) in [6.45, 7) is 6.09. The van der Waals surface area contributed by atoms with E-state index in [9.17, 15) is 0 Å². The van der Waals surface area contributed by atoms with E-state index in [1.807, 2.05) is 45.0 Å². The maximum atomic E-state index is 5.75. The molecular formula is C14H16N2O. The van der Waals surface area contributed by atoms with Crippen LogP contribution in [0.15, 0.2) is 42.7 Å². The normalized spacial score (nSPS) is 11.2. The van der Waals surface area contributed by atoms with Crippen LogP contribution in [0.5, 0.6) is 5.75 Å². The molecule has 0 saturated carbocycles. The number of ether oxygens (including phenoxy) is 1. The second-order valence-corrected chi connectivity index (χ2v) is 4.81. The summed E-state index contributed by atoms with van der Waals surface area (Å²) in [6.07, 6.45) is 3.48. The van der Waals surface area contributed by atoms with Crippen LogP contribution < -0.4 is 4.74 Å². The van der Waals surface area contributed by atoms with E-state index in [2.05, 4.69) is 9.97 Å². The van der Waals surface area contributed by atoms with Crippen molar-refractivity contribution in [3.05, 3.63) is 42.7 Å². The van der Waals surface area contributed by atoms with Gasteiger partial charge < -0.3 is 4.74 Å². The van der Waals surface area contributed by atoms with Crippen LogP contribution in [-0.2, 0) is 0 Å². The van der Waals surface area contributed by atoms with Gasteiger partial charge in [-0.25, -0.2) is 9.97 Å². The number of hydrogen-bond acceptors (Lipinski definition) is 3. The molecule has 2 rings (SSSR count). The van der Waals surface area contributed by atoms with Gasteiger partial charge in [0.05, 0.1) is 0 Å². The summed E-state index contributed by atoms with van der Waals surface area (Å²) in [5.74, 6) is 1.59. The number of benzene rings is 1. The van der Waals surface area contributed by atoms with Crippen molar-refractivity contribution in [3.63, 3.8) is 0 Å². The first-order chi connectivity index (χ1) is 8.04. The lowest BCUT2D eigenvalue weighted by atomic mass is 10.1. The van der Waals surface area contributed by atoms with Crippen molar-refractivity contribution in [1.82, 2.24) is 9.97 Å². The molecule has 0 saturated heterocycles. The molecule has 0 N–H and O–H groups in total. The first-order valence-corrected chi connectivity index (χ1v) is 5.61. The lowest BCUT2D eigenvalue weighted by molar-refractivity contribution is 0.131. The second kappa shape index (κ2) is 4.53.